The van der Waals surface area contributed by atoms with Crippen LogP contribution < -0.4 is 26.2 Å². The fourth-order valence-corrected chi connectivity index (χ4v) is 12.4. The van der Waals surface area contributed by atoms with Gasteiger partial charge in [0.05, 0.1) is 0 Å². The Morgan fingerprint density at radius 1 is 0.429 bits per heavy atom. The summed E-state index contributed by atoms with van der Waals surface area (Å²) in [6.07, 6.45) is 3.29. The summed E-state index contributed by atoms with van der Waals surface area (Å²) >= 11 is 0. The largest absolute Gasteiger partial charge is 0.311 e. The Hall–Kier alpha value is -5.80. The number of aryl methyl sites for hydroxylation is 3. The molecule has 0 amide bonds. The summed E-state index contributed by atoms with van der Waals surface area (Å²) in [7, 11) is 0. The lowest BCUT2D eigenvalue weighted by Gasteiger charge is -2.47. The van der Waals surface area contributed by atoms with Gasteiger partial charge in [0.2, 0.25) is 0 Å². The van der Waals surface area contributed by atoms with E-state index < -0.39 is 6.85 Å². The first-order valence-electron chi connectivity index (χ1n) is 24.6. The molecule has 0 N–H and O–H groups in total. The van der Waals surface area contributed by atoms with Crippen LogP contribution >= 0.6 is 0 Å². The predicted octanol–water partition coefficient (Wildman–Crippen LogP) is 14.3. The van der Waals surface area contributed by atoms with Gasteiger partial charge >= 0.3 is 0 Å². The summed E-state index contributed by atoms with van der Waals surface area (Å²) in [5, 5.41) is 0. The lowest BCUT2D eigenvalue weighted by molar-refractivity contribution is 0.332. The summed E-state index contributed by atoms with van der Waals surface area (Å²) in [6, 6.07) is 49.0. The van der Waals surface area contributed by atoms with Crippen molar-refractivity contribution in [2.24, 2.45) is 0 Å². The van der Waals surface area contributed by atoms with Crippen molar-refractivity contribution in [3.8, 4) is 22.3 Å². The zero-order valence-corrected chi connectivity index (χ0v) is 38.8. The Labute approximate surface area is 381 Å². The van der Waals surface area contributed by atoms with Gasteiger partial charge < -0.3 is 9.80 Å². The van der Waals surface area contributed by atoms with Crippen molar-refractivity contribution in [3.63, 3.8) is 0 Å². The molecule has 0 saturated heterocycles. The molecule has 7 aromatic carbocycles. The second kappa shape index (κ2) is 13.6. The quantitative estimate of drug-likeness (QED) is 0.163. The van der Waals surface area contributed by atoms with Gasteiger partial charge in [-0.2, -0.15) is 0 Å². The number of anilines is 6. The van der Waals surface area contributed by atoms with E-state index in [4.69, 9.17) is 4.11 Å². The van der Waals surface area contributed by atoms with Crippen molar-refractivity contribution in [3.05, 3.63) is 172 Å². The number of benzene rings is 7. The summed E-state index contributed by atoms with van der Waals surface area (Å²) in [6.45, 7) is 21.2. The molecule has 2 aliphatic heterocycles. The molecule has 0 saturated carbocycles. The highest BCUT2D eigenvalue weighted by Crippen LogP contribution is 2.55. The topological polar surface area (TPSA) is 6.48 Å². The molecule has 11 rings (SSSR count). The zero-order valence-electron chi connectivity index (χ0n) is 41.8. The molecular weight excluding hydrogens is 759 g/mol. The van der Waals surface area contributed by atoms with Crippen LogP contribution in [0, 0.1) is 20.7 Å². The van der Waals surface area contributed by atoms with Gasteiger partial charge in [-0.1, -0.05) is 152 Å². The Bertz CT molecular complexity index is 3140. The summed E-state index contributed by atoms with van der Waals surface area (Å²) in [5.41, 5.74) is 22.6. The van der Waals surface area contributed by atoms with Crippen LogP contribution in [-0.2, 0) is 21.7 Å². The highest BCUT2D eigenvalue weighted by Gasteiger charge is 2.49. The van der Waals surface area contributed by atoms with E-state index in [0.717, 1.165) is 86.7 Å². The summed E-state index contributed by atoms with van der Waals surface area (Å²) in [5.74, 6) is 0. The van der Waals surface area contributed by atoms with E-state index in [9.17, 15) is 0 Å². The minimum Gasteiger partial charge on any atom is -0.311 e. The molecule has 0 fully saturated rings. The number of rotatable bonds is 4. The van der Waals surface area contributed by atoms with E-state index in [-0.39, 0.29) is 28.4 Å². The van der Waals surface area contributed by atoms with Crippen LogP contribution in [0.1, 0.15) is 118 Å². The van der Waals surface area contributed by atoms with E-state index in [2.05, 4.69) is 200 Å². The Kier molecular flexibility index (Phi) is 7.92. The molecule has 0 radical (unpaired) electrons. The van der Waals surface area contributed by atoms with E-state index in [1.54, 1.807) is 0 Å². The Balaban J connectivity index is 1.29. The Morgan fingerprint density at radius 3 is 1.49 bits per heavy atom. The van der Waals surface area contributed by atoms with E-state index >= 15 is 0 Å². The fourth-order valence-electron chi connectivity index (χ4n) is 12.4. The third kappa shape index (κ3) is 6.05. The van der Waals surface area contributed by atoms with Crippen LogP contribution in [0.5, 0.6) is 0 Å². The maximum Gasteiger partial charge on any atom is 0.252 e. The SMILES string of the molecule is [2H]C([2H])([2H])c1cc2c3c(c1)N(c1cc4c(cc1C)C(C)(C)CCC4(C)C)c1cc4c(cc1B3c1ccc(-c3ccccc3)cc1N2c1cc(-c2ccccc2)ccc1C)C(C)(C)CC4(C)C. The van der Waals surface area contributed by atoms with Crippen molar-refractivity contribution >= 4 is 57.2 Å². The van der Waals surface area contributed by atoms with Crippen LogP contribution in [0.2, 0.25) is 0 Å². The van der Waals surface area contributed by atoms with Crippen molar-refractivity contribution < 1.29 is 4.11 Å². The van der Waals surface area contributed by atoms with Crippen molar-refractivity contribution in [1.82, 2.24) is 0 Å². The Morgan fingerprint density at radius 2 is 0.905 bits per heavy atom. The minimum absolute atomic E-state index is 0.0220. The molecule has 0 bridgehead atoms. The van der Waals surface area contributed by atoms with Crippen molar-refractivity contribution in [1.29, 1.82) is 0 Å². The maximum atomic E-state index is 9.15. The molecule has 2 aliphatic carbocycles. The molecule has 314 valence electrons. The van der Waals surface area contributed by atoms with E-state index in [0.29, 0.717) is 5.56 Å². The second-order valence-electron chi connectivity index (χ2n) is 21.9. The molecule has 2 nitrogen and oxygen atoms in total. The van der Waals surface area contributed by atoms with Crippen LogP contribution in [0.25, 0.3) is 22.3 Å². The first-order chi connectivity index (χ1) is 31.1. The van der Waals surface area contributed by atoms with Crippen molar-refractivity contribution in [2.45, 2.75) is 117 Å². The first kappa shape index (κ1) is 36.7. The second-order valence-corrected chi connectivity index (χ2v) is 21.9. The molecule has 63 heavy (non-hydrogen) atoms. The smallest absolute Gasteiger partial charge is 0.252 e. The van der Waals surface area contributed by atoms with Gasteiger partial charge in [-0.25, -0.2) is 0 Å². The number of fused-ring (bicyclic) bond motifs is 6. The van der Waals surface area contributed by atoms with E-state index in [1.807, 2.05) is 12.1 Å². The van der Waals surface area contributed by atoms with Gasteiger partial charge in [-0.05, 0) is 176 Å². The third-order valence-electron chi connectivity index (χ3n) is 15.6. The molecule has 0 unspecified atom stereocenters. The van der Waals surface area contributed by atoms with Gasteiger partial charge in [0.1, 0.15) is 0 Å². The molecule has 7 aromatic rings. The monoisotopic (exact) mass is 824 g/mol. The van der Waals surface area contributed by atoms with E-state index in [1.165, 1.54) is 38.7 Å². The highest BCUT2D eigenvalue weighted by atomic mass is 15.2. The van der Waals surface area contributed by atoms with Crippen LogP contribution in [0.3, 0.4) is 0 Å². The van der Waals surface area contributed by atoms with Crippen molar-refractivity contribution in [2.75, 3.05) is 9.80 Å². The van der Waals surface area contributed by atoms with Gasteiger partial charge in [0.25, 0.3) is 6.71 Å². The molecule has 0 spiro atoms. The van der Waals surface area contributed by atoms with Gasteiger partial charge in [0.15, 0.2) is 0 Å². The van der Waals surface area contributed by atoms with Gasteiger partial charge in [0, 0.05) is 38.2 Å². The van der Waals surface area contributed by atoms with Crippen LogP contribution in [-0.4, -0.2) is 6.71 Å². The van der Waals surface area contributed by atoms with Crippen LogP contribution in [0.15, 0.2) is 133 Å². The summed E-state index contributed by atoms with van der Waals surface area (Å²) < 4.78 is 27.5. The van der Waals surface area contributed by atoms with Gasteiger partial charge in [-0.3, -0.25) is 0 Å². The highest BCUT2D eigenvalue weighted by molar-refractivity contribution is 7.00. The first-order valence-corrected chi connectivity index (χ1v) is 23.1. The number of nitrogens with zero attached hydrogens (tertiary/aromatic N) is 2. The molecular formula is C60H61BN2. The number of hydrogen-bond donors (Lipinski definition) is 0. The molecule has 3 heteroatoms. The predicted molar refractivity (Wildman–Crippen MR) is 272 cm³/mol. The maximum absolute atomic E-state index is 9.15. The molecule has 2 heterocycles. The average Bonchev–Trinajstić information content (AvgIpc) is 3.46. The fraction of sp³-hybridized carbons (Fsp3) is 0.300. The normalized spacial score (nSPS) is 18.9. The average molecular weight is 824 g/mol. The van der Waals surface area contributed by atoms with Gasteiger partial charge in [-0.15, -0.1) is 0 Å². The lowest BCUT2D eigenvalue weighted by Crippen LogP contribution is -2.61. The standard InChI is InChI=1S/C60H61BN2/c1-37-28-54-56-55(29-37)63(51-34-46-44(30-39(51)3)57(4,5)26-27-58(46,6)7)53-35-47-45(59(8,9)36-60(47,10)11)33-49(53)61(56)48-25-24-43(41-20-16-13-17-21-41)32-52(48)62(54)50-31-42(23-22-38(50)2)40-18-14-12-15-19-40/h12-25,28-35H,26-27,36H2,1-11H3/i1D3. The van der Waals surface area contributed by atoms with Crippen LogP contribution in [0.4, 0.5) is 34.1 Å². The molecule has 0 atom stereocenters. The minimum atomic E-state index is -2.37. The summed E-state index contributed by atoms with van der Waals surface area (Å²) in [4.78, 5) is 4.90. The zero-order chi connectivity index (χ0) is 46.5. The lowest BCUT2D eigenvalue weighted by atomic mass is 9.33. The molecule has 4 aliphatic rings. The number of hydrogen-bond acceptors (Lipinski definition) is 2. The third-order valence-corrected chi connectivity index (χ3v) is 15.6. The molecule has 0 aromatic heterocycles.